The van der Waals surface area contributed by atoms with Crippen LogP contribution in [-0.2, 0) is 6.54 Å². The highest BCUT2D eigenvalue weighted by Crippen LogP contribution is 2.09. The van der Waals surface area contributed by atoms with E-state index in [1.54, 1.807) is 17.1 Å². The first-order valence-corrected chi connectivity index (χ1v) is 4.81. The lowest BCUT2D eigenvalue weighted by atomic mass is 10.1. The topological polar surface area (TPSA) is 53.6 Å². The minimum atomic E-state index is -0.593. The molecule has 0 aromatic carbocycles. The predicted molar refractivity (Wildman–Crippen MR) is 54.9 cm³/mol. The van der Waals surface area contributed by atoms with Crippen LogP contribution in [0.3, 0.4) is 0 Å². The molecule has 1 atom stereocenters. The summed E-state index contributed by atoms with van der Waals surface area (Å²) in [5.74, 6) is 0. The number of nitrogens with zero attached hydrogens (tertiary/aromatic N) is 3. The summed E-state index contributed by atoms with van der Waals surface area (Å²) in [7, 11) is 0. The molecule has 0 saturated heterocycles. The lowest BCUT2D eigenvalue weighted by molar-refractivity contribution is 0.378. The van der Waals surface area contributed by atoms with Gasteiger partial charge in [0.25, 0.3) is 0 Å². The van der Waals surface area contributed by atoms with Crippen LogP contribution in [0.2, 0.25) is 5.02 Å². The van der Waals surface area contributed by atoms with E-state index in [2.05, 4.69) is 16.5 Å². The number of rotatable bonds is 4. The molecule has 1 rings (SSSR count). The van der Waals surface area contributed by atoms with Crippen molar-refractivity contribution in [1.82, 2.24) is 15.1 Å². The van der Waals surface area contributed by atoms with Crippen LogP contribution in [0, 0.1) is 11.3 Å². The first-order chi connectivity index (χ1) is 6.59. The summed E-state index contributed by atoms with van der Waals surface area (Å²) < 4.78 is 1.66. The fourth-order valence-electron chi connectivity index (χ4n) is 1.27. The van der Waals surface area contributed by atoms with E-state index in [0.29, 0.717) is 11.6 Å². The second-order valence-corrected chi connectivity index (χ2v) is 3.77. The van der Waals surface area contributed by atoms with Gasteiger partial charge in [0, 0.05) is 6.20 Å². The Morgan fingerprint density at radius 3 is 2.93 bits per heavy atom. The summed E-state index contributed by atoms with van der Waals surface area (Å²) in [6.07, 6.45) is 3.26. The maximum Gasteiger partial charge on any atom is 0.123 e. The zero-order valence-corrected chi connectivity index (χ0v) is 9.04. The Bertz CT molecular complexity index is 341. The minimum Gasteiger partial charge on any atom is -0.298 e. The maximum absolute atomic E-state index is 9.00. The molecule has 0 aliphatic heterocycles. The predicted octanol–water partition coefficient (Wildman–Crippen LogP) is 1.43. The van der Waals surface area contributed by atoms with Crippen molar-refractivity contribution >= 4 is 11.6 Å². The second-order valence-electron chi connectivity index (χ2n) is 3.33. The van der Waals surface area contributed by atoms with Gasteiger partial charge in [-0.2, -0.15) is 10.4 Å². The van der Waals surface area contributed by atoms with Gasteiger partial charge in [0.05, 0.1) is 23.8 Å². The van der Waals surface area contributed by atoms with Gasteiger partial charge in [-0.1, -0.05) is 18.5 Å². The number of likely N-dealkylation sites (N-methyl/N-ethyl adjacent to an activating group) is 1. The first kappa shape index (κ1) is 11.0. The van der Waals surface area contributed by atoms with Crippen molar-refractivity contribution in [3.8, 4) is 6.07 Å². The number of nitrogens with one attached hydrogen (secondary N) is 1. The molecular weight excluding hydrogens is 200 g/mol. The van der Waals surface area contributed by atoms with Crippen molar-refractivity contribution in [2.45, 2.75) is 25.9 Å². The van der Waals surface area contributed by atoms with Gasteiger partial charge in [-0.15, -0.1) is 0 Å². The molecule has 0 fully saturated rings. The zero-order chi connectivity index (χ0) is 10.6. The van der Waals surface area contributed by atoms with E-state index in [1.807, 2.05) is 13.8 Å². The highest BCUT2D eigenvalue weighted by Gasteiger charge is 2.23. The Morgan fingerprint density at radius 1 is 1.79 bits per heavy atom. The number of hydrogen-bond donors (Lipinski definition) is 1. The molecule has 1 aromatic heterocycles. The molecule has 0 radical (unpaired) electrons. The van der Waals surface area contributed by atoms with Crippen molar-refractivity contribution in [2.24, 2.45) is 0 Å². The van der Waals surface area contributed by atoms with E-state index in [-0.39, 0.29) is 0 Å². The third-order valence-corrected chi connectivity index (χ3v) is 2.09. The van der Waals surface area contributed by atoms with Gasteiger partial charge in [-0.05, 0) is 13.5 Å². The Kier molecular flexibility index (Phi) is 3.50. The van der Waals surface area contributed by atoms with Crippen LogP contribution >= 0.6 is 11.6 Å². The largest absolute Gasteiger partial charge is 0.298 e. The summed E-state index contributed by atoms with van der Waals surface area (Å²) in [5, 5.41) is 16.7. The molecule has 0 saturated carbocycles. The first-order valence-electron chi connectivity index (χ1n) is 4.44. The van der Waals surface area contributed by atoms with Gasteiger partial charge in [0.1, 0.15) is 5.54 Å². The normalized spacial score (nSPS) is 14.7. The number of aromatic nitrogens is 2. The Labute approximate surface area is 88.5 Å². The average Bonchev–Trinajstić information content (AvgIpc) is 2.51. The van der Waals surface area contributed by atoms with E-state index < -0.39 is 5.54 Å². The molecule has 0 aliphatic carbocycles. The third kappa shape index (κ3) is 2.72. The highest BCUT2D eigenvalue weighted by atomic mass is 35.5. The lowest BCUT2D eigenvalue weighted by Gasteiger charge is -2.22. The molecule has 1 N–H and O–H groups in total. The fourth-order valence-corrected chi connectivity index (χ4v) is 1.43. The van der Waals surface area contributed by atoms with Crippen LogP contribution in [0.5, 0.6) is 0 Å². The molecule has 76 valence electrons. The highest BCUT2D eigenvalue weighted by molar-refractivity contribution is 6.30. The second kappa shape index (κ2) is 4.45. The molecule has 1 unspecified atom stereocenters. The summed E-state index contributed by atoms with van der Waals surface area (Å²) in [6, 6.07) is 2.22. The Balaban J connectivity index is 2.71. The third-order valence-electron chi connectivity index (χ3n) is 1.89. The van der Waals surface area contributed by atoms with Crippen LogP contribution in [0.1, 0.15) is 13.8 Å². The van der Waals surface area contributed by atoms with Gasteiger partial charge in [0.15, 0.2) is 0 Å². The molecule has 14 heavy (non-hydrogen) atoms. The Morgan fingerprint density at radius 2 is 2.50 bits per heavy atom. The number of nitriles is 1. The maximum atomic E-state index is 9.00. The van der Waals surface area contributed by atoms with Crippen LogP contribution in [0.25, 0.3) is 0 Å². The average molecular weight is 213 g/mol. The summed E-state index contributed by atoms with van der Waals surface area (Å²) in [6.45, 7) is 5.04. The quantitative estimate of drug-likeness (QED) is 0.822. The van der Waals surface area contributed by atoms with E-state index in [1.165, 1.54) is 0 Å². The van der Waals surface area contributed by atoms with Gasteiger partial charge in [-0.3, -0.25) is 10.00 Å². The minimum absolute atomic E-state index is 0.490. The molecule has 1 heterocycles. The van der Waals surface area contributed by atoms with Gasteiger partial charge in [0.2, 0.25) is 0 Å². The Hall–Kier alpha value is -1.05. The van der Waals surface area contributed by atoms with Crippen LogP contribution in [-0.4, -0.2) is 21.9 Å². The molecule has 5 heteroatoms. The monoisotopic (exact) mass is 212 g/mol. The molecule has 4 nitrogen and oxygen atoms in total. The van der Waals surface area contributed by atoms with Crippen molar-refractivity contribution in [1.29, 1.82) is 5.26 Å². The van der Waals surface area contributed by atoms with Gasteiger partial charge < -0.3 is 0 Å². The summed E-state index contributed by atoms with van der Waals surface area (Å²) in [4.78, 5) is 0. The molecule has 0 aliphatic rings. The molecule has 0 bridgehead atoms. The smallest absolute Gasteiger partial charge is 0.123 e. The van der Waals surface area contributed by atoms with Crippen LogP contribution in [0.15, 0.2) is 12.4 Å². The van der Waals surface area contributed by atoms with Gasteiger partial charge in [-0.25, -0.2) is 0 Å². The molecule has 0 spiro atoms. The van der Waals surface area contributed by atoms with E-state index in [9.17, 15) is 0 Å². The van der Waals surface area contributed by atoms with Crippen LogP contribution < -0.4 is 5.32 Å². The molecule has 1 aromatic rings. The van der Waals surface area contributed by atoms with E-state index in [0.717, 1.165) is 6.54 Å². The standard InChI is InChI=1S/C9H13ClN4/c1-3-12-9(2,6-11)7-14-5-8(10)4-13-14/h4-5,12H,3,7H2,1-2H3. The van der Waals surface area contributed by atoms with E-state index in [4.69, 9.17) is 16.9 Å². The zero-order valence-electron chi connectivity index (χ0n) is 8.29. The summed E-state index contributed by atoms with van der Waals surface area (Å²) in [5.41, 5.74) is -0.593. The van der Waals surface area contributed by atoms with E-state index >= 15 is 0 Å². The SMILES string of the molecule is CCNC(C)(C#N)Cn1cc(Cl)cn1. The number of hydrogen-bond acceptors (Lipinski definition) is 3. The van der Waals surface area contributed by atoms with Crippen molar-refractivity contribution in [3.63, 3.8) is 0 Å². The molecule has 0 amide bonds. The summed E-state index contributed by atoms with van der Waals surface area (Å²) >= 11 is 5.72. The fraction of sp³-hybridized carbons (Fsp3) is 0.556. The molecular formula is C9H13ClN4. The van der Waals surface area contributed by atoms with Crippen molar-refractivity contribution < 1.29 is 0 Å². The lowest BCUT2D eigenvalue weighted by Crippen LogP contribution is -2.44. The number of halogens is 1. The van der Waals surface area contributed by atoms with Crippen molar-refractivity contribution in [3.05, 3.63) is 17.4 Å². The van der Waals surface area contributed by atoms with Gasteiger partial charge >= 0.3 is 0 Å². The van der Waals surface area contributed by atoms with Crippen LogP contribution in [0.4, 0.5) is 0 Å². The van der Waals surface area contributed by atoms with Crippen molar-refractivity contribution in [2.75, 3.05) is 6.54 Å².